The Labute approximate surface area is 170 Å². The topological polar surface area (TPSA) is 80.8 Å². The van der Waals surface area contributed by atoms with Crippen LogP contribution in [-0.2, 0) is 6.54 Å². The van der Waals surface area contributed by atoms with Gasteiger partial charge in [-0.25, -0.2) is 0 Å². The number of fused-ring (bicyclic) bond motifs is 1. The van der Waals surface area contributed by atoms with Crippen LogP contribution in [0.1, 0.15) is 36.7 Å². The molecule has 0 saturated heterocycles. The Kier molecular flexibility index (Phi) is 5.12. The summed E-state index contributed by atoms with van der Waals surface area (Å²) in [5.41, 5.74) is -1.87. The minimum atomic E-state index is -0.857. The van der Waals surface area contributed by atoms with Crippen molar-refractivity contribution in [2.24, 2.45) is 5.41 Å². The second kappa shape index (κ2) is 7.11. The summed E-state index contributed by atoms with van der Waals surface area (Å²) in [6.07, 6.45) is 4.30. The van der Waals surface area contributed by atoms with Crippen molar-refractivity contribution >= 4 is 34.5 Å². The molecule has 0 atom stereocenters. The van der Waals surface area contributed by atoms with E-state index >= 15 is 0 Å². The number of rotatable bonds is 3. The number of pyridine rings is 1. The zero-order chi connectivity index (χ0) is 20.8. The van der Waals surface area contributed by atoms with Gasteiger partial charge in [-0.3, -0.25) is 14.4 Å². The van der Waals surface area contributed by atoms with Crippen molar-refractivity contribution in [3.8, 4) is 5.75 Å². The lowest BCUT2D eigenvalue weighted by molar-refractivity contribution is 0.0856. The van der Waals surface area contributed by atoms with Crippen molar-refractivity contribution in [1.82, 2.24) is 8.97 Å². The molecule has 1 N–H and O–H groups in total. The van der Waals surface area contributed by atoms with E-state index in [1.54, 1.807) is 39.0 Å². The van der Waals surface area contributed by atoms with E-state index in [1.807, 2.05) is 0 Å². The maximum absolute atomic E-state index is 12.8. The highest BCUT2D eigenvalue weighted by molar-refractivity contribution is 6.42. The minimum absolute atomic E-state index is 0.163. The molecule has 3 rings (SSSR count). The highest BCUT2D eigenvalue weighted by atomic mass is 35.5. The van der Waals surface area contributed by atoms with Gasteiger partial charge in [0.2, 0.25) is 5.43 Å². The number of aromatic nitrogens is 2. The van der Waals surface area contributed by atoms with Crippen LogP contribution in [0.5, 0.6) is 5.75 Å². The first-order valence-electron chi connectivity index (χ1n) is 8.47. The molecule has 0 unspecified atom stereocenters. The molecule has 2 heterocycles. The Morgan fingerprint density at radius 1 is 1.11 bits per heavy atom. The van der Waals surface area contributed by atoms with Crippen LogP contribution in [0.4, 0.5) is 0 Å². The number of aromatic hydroxyl groups is 1. The summed E-state index contributed by atoms with van der Waals surface area (Å²) in [7, 11) is 0. The average molecular weight is 421 g/mol. The Morgan fingerprint density at radius 2 is 1.79 bits per heavy atom. The highest BCUT2D eigenvalue weighted by Crippen LogP contribution is 2.23. The van der Waals surface area contributed by atoms with Crippen LogP contribution in [0.2, 0.25) is 10.0 Å². The van der Waals surface area contributed by atoms with Crippen LogP contribution in [-0.4, -0.2) is 19.9 Å². The molecule has 0 aliphatic rings. The van der Waals surface area contributed by atoms with Crippen LogP contribution in [0.15, 0.2) is 46.4 Å². The highest BCUT2D eigenvalue weighted by Gasteiger charge is 2.27. The number of hydrogen-bond donors (Lipinski definition) is 1. The number of carbonyl (C=O) groups is 1. The number of benzene rings is 1. The fourth-order valence-corrected chi connectivity index (χ4v) is 3.15. The summed E-state index contributed by atoms with van der Waals surface area (Å²) in [5.74, 6) is -1.16. The number of halogens is 2. The van der Waals surface area contributed by atoms with Gasteiger partial charge in [-0.05, 0) is 17.7 Å². The monoisotopic (exact) mass is 420 g/mol. The van der Waals surface area contributed by atoms with Crippen LogP contribution < -0.4 is 11.0 Å². The van der Waals surface area contributed by atoms with E-state index in [9.17, 15) is 19.5 Å². The van der Waals surface area contributed by atoms with Crippen molar-refractivity contribution in [2.45, 2.75) is 27.3 Å². The van der Waals surface area contributed by atoms with E-state index < -0.39 is 27.9 Å². The molecule has 2 aromatic heterocycles. The van der Waals surface area contributed by atoms with Crippen LogP contribution >= 0.6 is 23.2 Å². The van der Waals surface area contributed by atoms with Gasteiger partial charge in [0.05, 0.1) is 22.2 Å². The van der Waals surface area contributed by atoms with Gasteiger partial charge in [-0.2, -0.15) is 0 Å². The van der Waals surface area contributed by atoms with Gasteiger partial charge in [0.25, 0.3) is 5.56 Å². The predicted octanol–water partition coefficient (Wildman–Crippen LogP) is 3.75. The first kappa shape index (κ1) is 20.2. The van der Waals surface area contributed by atoms with E-state index in [4.69, 9.17) is 23.2 Å². The molecule has 1 aromatic carbocycles. The quantitative estimate of drug-likeness (QED) is 0.654. The first-order valence-corrected chi connectivity index (χ1v) is 9.22. The van der Waals surface area contributed by atoms with Crippen molar-refractivity contribution < 1.29 is 9.90 Å². The molecular weight excluding hydrogens is 403 g/mol. The summed E-state index contributed by atoms with van der Waals surface area (Å²) < 4.78 is 2.63. The molecule has 0 amide bonds. The third-order valence-electron chi connectivity index (χ3n) is 4.34. The van der Waals surface area contributed by atoms with E-state index in [-0.39, 0.29) is 17.6 Å². The molecule has 0 spiro atoms. The Balaban J connectivity index is 2.15. The fourth-order valence-electron chi connectivity index (χ4n) is 2.83. The van der Waals surface area contributed by atoms with E-state index in [2.05, 4.69) is 0 Å². The average Bonchev–Trinajstić information content (AvgIpc) is 2.62. The molecule has 0 saturated carbocycles. The van der Waals surface area contributed by atoms with Gasteiger partial charge in [-0.15, -0.1) is 0 Å². The van der Waals surface area contributed by atoms with Crippen molar-refractivity contribution in [2.75, 3.05) is 0 Å². The fraction of sp³-hybridized carbons (Fsp3) is 0.250. The van der Waals surface area contributed by atoms with Crippen molar-refractivity contribution in [3.63, 3.8) is 0 Å². The third-order valence-corrected chi connectivity index (χ3v) is 5.08. The molecule has 3 aromatic rings. The maximum atomic E-state index is 12.8. The van der Waals surface area contributed by atoms with Gasteiger partial charge >= 0.3 is 0 Å². The lowest BCUT2D eigenvalue weighted by Crippen LogP contribution is -2.29. The smallest absolute Gasteiger partial charge is 0.279 e. The SMILES string of the molecule is CC(C)(C)C(=O)c1cn2ccn(Cc3ccc(Cl)c(Cl)c3)c(=O)c2c(O)c1=O. The van der Waals surface area contributed by atoms with Crippen LogP contribution in [0, 0.1) is 5.41 Å². The lowest BCUT2D eigenvalue weighted by atomic mass is 9.87. The normalized spacial score (nSPS) is 11.8. The molecule has 0 bridgehead atoms. The second-order valence-corrected chi connectivity index (χ2v) is 8.35. The van der Waals surface area contributed by atoms with E-state index in [0.29, 0.717) is 10.0 Å². The van der Waals surface area contributed by atoms with Gasteiger partial charge < -0.3 is 14.1 Å². The standard InChI is InChI=1S/C20H18Cl2N2O4/c1-20(2,3)18(27)12-10-23-6-7-24(19(28)15(23)17(26)16(12)25)9-11-4-5-13(21)14(22)8-11/h4-8,10,26H,9H2,1-3H3. The van der Waals surface area contributed by atoms with Crippen LogP contribution in [0.3, 0.4) is 0 Å². The zero-order valence-electron chi connectivity index (χ0n) is 15.5. The van der Waals surface area contributed by atoms with E-state index in [0.717, 1.165) is 5.56 Å². The molecule has 28 heavy (non-hydrogen) atoms. The Bertz CT molecular complexity index is 1220. The first-order chi connectivity index (χ1) is 13.0. The molecule has 146 valence electrons. The van der Waals surface area contributed by atoms with Gasteiger partial charge in [-0.1, -0.05) is 50.0 Å². The van der Waals surface area contributed by atoms with Gasteiger partial charge in [0, 0.05) is 24.0 Å². The third kappa shape index (κ3) is 3.57. The second-order valence-electron chi connectivity index (χ2n) is 7.54. The lowest BCUT2D eigenvalue weighted by Gasteiger charge is -2.17. The van der Waals surface area contributed by atoms with E-state index in [1.165, 1.54) is 27.6 Å². The number of carbonyl (C=O) groups excluding carboxylic acids is 1. The summed E-state index contributed by atoms with van der Waals surface area (Å²) in [6, 6.07) is 4.98. The van der Waals surface area contributed by atoms with Gasteiger partial charge in [0.15, 0.2) is 17.0 Å². The zero-order valence-corrected chi connectivity index (χ0v) is 17.0. The molecule has 6 nitrogen and oxygen atoms in total. The summed E-state index contributed by atoms with van der Waals surface area (Å²) in [4.78, 5) is 37.8. The Hall–Kier alpha value is -2.57. The maximum Gasteiger partial charge on any atom is 0.279 e. The van der Waals surface area contributed by atoms with Gasteiger partial charge in [0.1, 0.15) is 0 Å². The number of Topliss-reactive ketones (excluding diaryl/α,β-unsaturated/α-hetero) is 1. The summed E-state index contributed by atoms with van der Waals surface area (Å²) in [5, 5.41) is 11.1. The van der Waals surface area contributed by atoms with Crippen molar-refractivity contribution in [3.05, 3.63) is 78.5 Å². The molecule has 0 aliphatic carbocycles. The molecule has 0 fully saturated rings. The molecule has 8 heteroatoms. The number of hydrogen-bond acceptors (Lipinski definition) is 4. The largest absolute Gasteiger partial charge is 0.503 e. The number of nitrogens with zero attached hydrogens (tertiary/aromatic N) is 2. The van der Waals surface area contributed by atoms with Crippen molar-refractivity contribution in [1.29, 1.82) is 0 Å². The molecular formula is C20H18Cl2N2O4. The molecule has 0 aliphatic heterocycles. The summed E-state index contributed by atoms with van der Waals surface area (Å²) >= 11 is 11.9. The molecule has 0 radical (unpaired) electrons. The Morgan fingerprint density at radius 3 is 2.39 bits per heavy atom. The predicted molar refractivity (Wildman–Crippen MR) is 109 cm³/mol. The van der Waals surface area contributed by atoms with Crippen LogP contribution in [0.25, 0.3) is 5.52 Å². The minimum Gasteiger partial charge on any atom is -0.503 e. The summed E-state index contributed by atoms with van der Waals surface area (Å²) in [6.45, 7) is 5.20. The number of ketones is 1.